The van der Waals surface area contributed by atoms with Gasteiger partial charge in [-0.3, -0.25) is 0 Å². The van der Waals surface area contributed by atoms with Gasteiger partial charge >= 0.3 is 12.1 Å². The predicted molar refractivity (Wildman–Crippen MR) is 70.9 cm³/mol. The number of hydrogen-bond acceptors (Lipinski definition) is 3. The van der Waals surface area contributed by atoms with Crippen molar-refractivity contribution in [2.75, 3.05) is 0 Å². The van der Waals surface area contributed by atoms with Gasteiger partial charge in [-0.05, 0) is 19.1 Å². The number of cyclic esters (lactones) is 1. The van der Waals surface area contributed by atoms with E-state index in [1.807, 2.05) is 6.92 Å². The molecule has 0 bridgehead atoms. The maximum atomic E-state index is 13.0. The Kier molecular flexibility index (Phi) is 4.19. The average molecular weight is 345 g/mol. The topological polar surface area (TPSA) is 26.3 Å². The Balaban J connectivity index is 2.26. The molecule has 1 saturated heterocycles. The van der Waals surface area contributed by atoms with Crippen LogP contribution in [0.4, 0.5) is 13.2 Å². The molecule has 1 aromatic rings. The number of ether oxygens (including phenoxy) is 1. The Hall–Kier alpha value is -0.590. The molecule has 0 amide bonds. The number of benzene rings is 1. The van der Waals surface area contributed by atoms with Crippen molar-refractivity contribution in [3.05, 3.63) is 29.8 Å². The molecule has 0 saturated carbocycles. The highest BCUT2D eigenvalue weighted by Gasteiger charge is 2.67. The predicted octanol–water partition coefficient (Wildman–Crippen LogP) is 4.32. The molecular formula is C12H9Cl2F3O2S. The van der Waals surface area contributed by atoms with Gasteiger partial charge in [-0.15, -0.1) is 0 Å². The van der Waals surface area contributed by atoms with E-state index in [0.29, 0.717) is 4.90 Å². The van der Waals surface area contributed by atoms with Crippen LogP contribution in [0.25, 0.3) is 0 Å². The molecule has 1 fully saturated rings. The van der Waals surface area contributed by atoms with E-state index in [1.165, 1.54) is 0 Å². The van der Waals surface area contributed by atoms with Crippen LogP contribution in [-0.4, -0.2) is 21.9 Å². The summed E-state index contributed by atoms with van der Waals surface area (Å²) in [6, 6.07) is 6.78. The number of halogens is 5. The van der Waals surface area contributed by atoms with E-state index < -0.39 is 27.8 Å². The lowest BCUT2D eigenvalue weighted by atomic mass is 10.1. The number of esters is 1. The molecule has 2 atom stereocenters. The fourth-order valence-corrected chi connectivity index (χ4v) is 3.66. The smallest absolute Gasteiger partial charge is 0.399 e. The summed E-state index contributed by atoms with van der Waals surface area (Å²) < 4.78 is 41.2. The van der Waals surface area contributed by atoms with Crippen molar-refractivity contribution < 1.29 is 22.7 Å². The molecule has 1 aliphatic rings. The summed E-state index contributed by atoms with van der Waals surface area (Å²) in [5.74, 6) is -3.55. The van der Waals surface area contributed by atoms with E-state index in [-0.39, 0.29) is 0 Å². The van der Waals surface area contributed by atoms with Crippen LogP contribution >= 0.6 is 35.0 Å². The van der Waals surface area contributed by atoms with Crippen molar-refractivity contribution in [1.29, 1.82) is 0 Å². The van der Waals surface area contributed by atoms with Crippen LogP contribution in [-0.2, 0) is 9.53 Å². The summed E-state index contributed by atoms with van der Waals surface area (Å²) in [6.07, 6.45) is -4.74. The minimum Gasteiger partial charge on any atom is -0.448 e. The molecule has 0 aromatic heterocycles. The number of alkyl halides is 5. The molecule has 1 aliphatic heterocycles. The second kappa shape index (κ2) is 5.31. The summed E-state index contributed by atoms with van der Waals surface area (Å²) in [5.41, 5.74) is -0.533. The molecule has 2 nitrogen and oxygen atoms in total. The summed E-state index contributed by atoms with van der Waals surface area (Å²) in [7, 11) is 0. The van der Waals surface area contributed by atoms with Gasteiger partial charge in [0.2, 0.25) is 4.33 Å². The molecule has 1 aromatic carbocycles. The van der Waals surface area contributed by atoms with E-state index in [2.05, 4.69) is 0 Å². The quantitative estimate of drug-likeness (QED) is 0.590. The van der Waals surface area contributed by atoms with Crippen LogP contribution in [0.15, 0.2) is 29.2 Å². The van der Waals surface area contributed by atoms with E-state index in [1.54, 1.807) is 24.3 Å². The van der Waals surface area contributed by atoms with Gasteiger partial charge in [0.15, 0.2) is 5.44 Å². The molecular weight excluding hydrogens is 336 g/mol. The maximum absolute atomic E-state index is 13.0. The molecule has 0 aliphatic carbocycles. The SMILES string of the molecule is Cc1ccc(S[C@H]2OC(=O)C(Cl)(Cl)[C@@H]2C(F)(F)F)cc1. The third kappa shape index (κ3) is 3.02. The maximum Gasteiger partial charge on any atom is 0.399 e. The lowest BCUT2D eigenvalue weighted by molar-refractivity contribution is -0.178. The van der Waals surface area contributed by atoms with Crippen molar-refractivity contribution in [3.8, 4) is 0 Å². The van der Waals surface area contributed by atoms with Crippen LogP contribution in [0.2, 0.25) is 0 Å². The van der Waals surface area contributed by atoms with E-state index in [9.17, 15) is 18.0 Å². The first-order valence-electron chi connectivity index (χ1n) is 5.51. The molecule has 20 heavy (non-hydrogen) atoms. The van der Waals surface area contributed by atoms with Crippen molar-refractivity contribution >= 4 is 40.9 Å². The third-order valence-electron chi connectivity index (χ3n) is 2.78. The minimum absolute atomic E-state index is 0.536. The number of aryl methyl sites for hydroxylation is 1. The number of thioether (sulfide) groups is 1. The lowest BCUT2D eigenvalue weighted by Gasteiger charge is -2.24. The molecule has 2 rings (SSSR count). The Morgan fingerprint density at radius 2 is 1.80 bits per heavy atom. The van der Waals surface area contributed by atoms with E-state index in [4.69, 9.17) is 27.9 Å². The largest absolute Gasteiger partial charge is 0.448 e. The minimum atomic E-state index is -4.74. The monoisotopic (exact) mass is 344 g/mol. The second-order valence-corrected chi connectivity index (χ2v) is 6.90. The van der Waals surface area contributed by atoms with Gasteiger partial charge in [0.25, 0.3) is 0 Å². The van der Waals surface area contributed by atoms with Crippen molar-refractivity contribution in [2.45, 2.75) is 27.8 Å². The van der Waals surface area contributed by atoms with Crippen molar-refractivity contribution in [1.82, 2.24) is 0 Å². The highest BCUT2D eigenvalue weighted by atomic mass is 35.5. The van der Waals surface area contributed by atoms with Gasteiger partial charge in [-0.25, -0.2) is 4.79 Å². The number of carbonyl (C=O) groups excluding carboxylic acids is 1. The number of hydrogen-bond donors (Lipinski definition) is 0. The zero-order valence-corrected chi connectivity index (χ0v) is 12.4. The molecule has 0 N–H and O–H groups in total. The number of rotatable bonds is 2. The van der Waals surface area contributed by atoms with Crippen molar-refractivity contribution in [3.63, 3.8) is 0 Å². The fourth-order valence-electron chi connectivity index (χ4n) is 1.75. The van der Waals surface area contributed by atoms with Crippen LogP contribution < -0.4 is 0 Å². The molecule has 0 spiro atoms. The first-order valence-corrected chi connectivity index (χ1v) is 7.15. The third-order valence-corrected chi connectivity index (χ3v) is 4.71. The Morgan fingerprint density at radius 3 is 2.30 bits per heavy atom. The van der Waals surface area contributed by atoms with Gasteiger partial charge < -0.3 is 4.74 Å². The summed E-state index contributed by atoms with van der Waals surface area (Å²) in [4.78, 5) is 11.9. The molecule has 110 valence electrons. The summed E-state index contributed by atoms with van der Waals surface area (Å²) in [5, 5.41) is 0. The standard InChI is InChI=1S/C12H9Cl2F3O2S/c1-6-2-4-7(5-3-6)20-9-8(12(15,16)17)11(13,14)10(18)19-9/h2-5,8-9H,1H3/t8-,9-/m1/s1. The highest BCUT2D eigenvalue weighted by Crippen LogP contribution is 2.53. The molecule has 8 heteroatoms. The Labute approximate surface area is 127 Å². The first-order chi connectivity index (χ1) is 9.12. The summed E-state index contributed by atoms with van der Waals surface area (Å²) in [6.45, 7) is 1.85. The fraction of sp³-hybridized carbons (Fsp3) is 0.417. The zero-order chi connectivity index (χ0) is 15.1. The normalized spacial score (nSPS) is 25.6. The van der Waals surface area contributed by atoms with Crippen LogP contribution in [0, 0.1) is 12.8 Å². The summed E-state index contributed by atoms with van der Waals surface area (Å²) >= 11 is 11.8. The van der Waals surface area contributed by atoms with Gasteiger partial charge in [-0.2, -0.15) is 13.2 Å². The number of carbonyl (C=O) groups is 1. The Morgan fingerprint density at radius 1 is 1.25 bits per heavy atom. The zero-order valence-electron chi connectivity index (χ0n) is 10.1. The lowest BCUT2D eigenvalue weighted by Crippen LogP contribution is -2.40. The van der Waals surface area contributed by atoms with Crippen LogP contribution in [0.5, 0.6) is 0 Å². The van der Waals surface area contributed by atoms with Gasteiger partial charge in [-0.1, -0.05) is 52.7 Å². The average Bonchev–Trinajstić information content (AvgIpc) is 2.51. The Bertz CT molecular complexity index is 516. The van der Waals surface area contributed by atoms with Crippen LogP contribution in [0.1, 0.15) is 5.56 Å². The second-order valence-electron chi connectivity index (χ2n) is 4.35. The van der Waals surface area contributed by atoms with Crippen molar-refractivity contribution in [2.24, 2.45) is 5.92 Å². The molecule has 0 radical (unpaired) electrons. The molecule has 1 heterocycles. The first kappa shape index (κ1) is 15.8. The van der Waals surface area contributed by atoms with Gasteiger partial charge in [0.1, 0.15) is 5.92 Å². The molecule has 0 unspecified atom stereocenters. The van der Waals surface area contributed by atoms with Gasteiger partial charge in [0.05, 0.1) is 0 Å². The van der Waals surface area contributed by atoms with E-state index >= 15 is 0 Å². The van der Waals surface area contributed by atoms with E-state index in [0.717, 1.165) is 17.3 Å². The van der Waals surface area contributed by atoms with Gasteiger partial charge in [0, 0.05) is 4.90 Å². The highest BCUT2D eigenvalue weighted by molar-refractivity contribution is 7.99. The van der Waals surface area contributed by atoms with Crippen LogP contribution in [0.3, 0.4) is 0 Å².